The number of nitrogens with zero attached hydrogens (tertiary/aromatic N) is 3. The summed E-state index contributed by atoms with van der Waals surface area (Å²) in [7, 11) is 0. The summed E-state index contributed by atoms with van der Waals surface area (Å²) in [6, 6.07) is 17.5. The van der Waals surface area contributed by atoms with E-state index in [4.69, 9.17) is 15.5 Å². The lowest BCUT2D eigenvalue weighted by Gasteiger charge is -2.09. The first-order chi connectivity index (χ1) is 13.0. The first-order valence-corrected chi connectivity index (χ1v) is 8.84. The van der Waals surface area contributed by atoms with Crippen molar-refractivity contribution < 1.29 is 9.53 Å². The SMILES string of the molecule is CC(C)OC(=O)c1c(N)n(Cc2ccccc2)c2nc3ccccc3nc12. The number of carbonyl (C=O) groups is 1. The standard InChI is InChI=1S/C21H20N4O2/c1-13(2)27-21(26)17-18-20(24-16-11-7-6-10-15(16)23-18)25(19(17)22)12-14-8-4-3-5-9-14/h3-11,13H,12,22H2,1-2H3. The van der Waals surface area contributed by atoms with Gasteiger partial charge < -0.3 is 15.0 Å². The van der Waals surface area contributed by atoms with Crippen LogP contribution in [0.15, 0.2) is 54.6 Å². The number of benzene rings is 2. The average Bonchev–Trinajstić information content (AvgIpc) is 2.91. The van der Waals surface area contributed by atoms with Gasteiger partial charge in [-0.15, -0.1) is 0 Å². The molecule has 0 atom stereocenters. The minimum Gasteiger partial charge on any atom is -0.459 e. The zero-order valence-corrected chi connectivity index (χ0v) is 15.2. The van der Waals surface area contributed by atoms with Crippen LogP contribution in [0.2, 0.25) is 0 Å². The number of nitrogens with two attached hydrogens (primary N) is 1. The van der Waals surface area contributed by atoms with Crippen LogP contribution in [0, 0.1) is 0 Å². The molecule has 2 N–H and O–H groups in total. The van der Waals surface area contributed by atoms with Gasteiger partial charge in [-0.05, 0) is 31.5 Å². The molecule has 0 unspecified atom stereocenters. The molecule has 0 aliphatic heterocycles. The van der Waals surface area contributed by atoms with Gasteiger partial charge in [0.1, 0.15) is 16.9 Å². The van der Waals surface area contributed by atoms with Crippen LogP contribution >= 0.6 is 0 Å². The van der Waals surface area contributed by atoms with Gasteiger partial charge in [-0.3, -0.25) is 0 Å². The third-order valence-electron chi connectivity index (χ3n) is 4.32. The largest absolute Gasteiger partial charge is 0.459 e. The monoisotopic (exact) mass is 360 g/mol. The topological polar surface area (TPSA) is 83.0 Å². The van der Waals surface area contributed by atoms with Crippen molar-refractivity contribution in [1.29, 1.82) is 0 Å². The second-order valence-electron chi connectivity index (χ2n) is 6.67. The molecule has 0 amide bonds. The maximum absolute atomic E-state index is 12.7. The Labute approximate surface area is 156 Å². The first-order valence-electron chi connectivity index (χ1n) is 8.84. The molecule has 0 radical (unpaired) electrons. The van der Waals surface area contributed by atoms with Gasteiger partial charge in [0.25, 0.3) is 0 Å². The van der Waals surface area contributed by atoms with E-state index in [1.54, 1.807) is 13.8 Å². The normalized spacial score (nSPS) is 11.4. The van der Waals surface area contributed by atoms with E-state index in [1.165, 1.54) is 0 Å². The predicted molar refractivity (Wildman–Crippen MR) is 106 cm³/mol. The van der Waals surface area contributed by atoms with Crippen molar-refractivity contribution in [1.82, 2.24) is 14.5 Å². The summed E-state index contributed by atoms with van der Waals surface area (Å²) in [5.74, 6) is -0.168. The molecule has 4 aromatic rings. The van der Waals surface area contributed by atoms with Gasteiger partial charge >= 0.3 is 5.97 Å². The van der Waals surface area contributed by atoms with E-state index >= 15 is 0 Å². The lowest BCUT2D eigenvalue weighted by Crippen LogP contribution is -2.14. The third kappa shape index (κ3) is 3.10. The summed E-state index contributed by atoms with van der Waals surface area (Å²) in [4.78, 5) is 22.1. The molecule has 2 aromatic heterocycles. The van der Waals surface area contributed by atoms with Crippen LogP contribution < -0.4 is 5.73 Å². The van der Waals surface area contributed by atoms with E-state index in [0.29, 0.717) is 29.0 Å². The van der Waals surface area contributed by atoms with Crippen LogP contribution in [-0.2, 0) is 11.3 Å². The molecule has 2 heterocycles. The summed E-state index contributed by atoms with van der Waals surface area (Å²) in [6.45, 7) is 4.10. The molecule has 0 fully saturated rings. The number of ether oxygens (including phenoxy) is 1. The van der Waals surface area contributed by atoms with E-state index in [2.05, 4.69) is 4.98 Å². The summed E-state index contributed by atoms with van der Waals surface area (Å²) in [6.07, 6.45) is -0.252. The zero-order chi connectivity index (χ0) is 19.0. The fourth-order valence-electron chi connectivity index (χ4n) is 3.12. The Morgan fingerprint density at radius 3 is 2.33 bits per heavy atom. The number of hydrogen-bond acceptors (Lipinski definition) is 5. The summed E-state index contributed by atoms with van der Waals surface area (Å²) in [5, 5.41) is 0. The number of anilines is 1. The van der Waals surface area contributed by atoms with Crippen LogP contribution in [0.1, 0.15) is 29.8 Å². The summed E-state index contributed by atoms with van der Waals surface area (Å²) >= 11 is 0. The number of para-hydroxylation sites is 2. The molecule has 0 spiro atoms. The first kappa shape index (κ1) is 17.0. The number of carbonyl (C=O) groups excluding carboxylic acids is 1. The Morgan fingerprint density at radius 1 is 1.04 bits per heavy atom. The Kier molecular flexibility index (Phi) is 4.24. The van der Waals surface area contributed by atoms with Gasteiger partial charge in [-0.25, -0.2) is 14.8 Å². The molecular formula is C21H20N4O2. The molecule has 0 saturated carbocycles. The van der Waals surface area contributed by atoms with Crippen molar-refractivity contribution in [3.05, 3.63) is 65.7 Å². The van der Waals surface area contributed by atoms with Crippen LogP contribution in [0.4, 0.5) is 5.82 Å². The zero-order valence-electron chi connectivity index (χ0n) is 15.2. The summed E-state index contributed by atoms with van der Waals surface area (Å²) in [5.41, 5.74) is 10.2. The van der Waals surface area contributed by atoms with Gasteiger partial charge in [0.2, 0.25) is 0 Å². The highest BCUT2D eigenvalue weighted by Crippen LogP contribution is 2.29. The van der Waals surface area contributed by atoms with E-state index in [-0.39, 0.29) is 11.7 Å². The number of rotatable bonds is 4. The van der Waals surface area contributed by atoms with Crippen LogP contribution in [0.5, 0.6) is 0 Å². The smallest absolute Gasteiger partial charge is 0.344 e. The number of fused-ring (bicyclic) bond motifs is 2. The minimum atomic E-state index is -0.483. The van der Waals surface area contributed by atoms with E-state index < -0.39 is 5.97 Å². The van der Waals surface area contributed by atoms with E-state index in [0.717, 1.165) is 11.1 Å². The molecule has 0 saturated heterocycles. The lowest BCUT2D eigenvalue weighted by atomic mass is 10.2. The Morgan fingerprint density at radius 2 is 1.67 bits per heavy atom. The van der Waals surface area contributed by atoms with Crippen molar-refractivity contribution in [3.63, 3.8) is 0 Å². The number of esters is 1. The highest BCUT2D eigenvalue weighted by Gasteiger charge is 2.25. The minimum absolute atomic E-state index is 0.252. The maximum Gasteiger partial charge on any atom is 0.344 e. The molecule has 0 bridgehead atoms. The van der Waals surface area contributed by atoms with Gasteiger partial charge in [-0.2, -0.15) is 0 Å². The molecule has 6 nitrogen and oxygen atoms in total. The highest BCUT2D eigenvalue weighted by molar-refractivity contribution is 6.08. The van der Waals surface area contributed by atoms with Crippen LogP contribution in [0.3, 0.4) is 0 Å². The second-order valence-corrected chi connectivity index (χ2v) is 6.67. The molecule has 136 valence electrons. The van der Waals surface area contributed by atoms with E-state index in [1.807, 2.05) is 59.2 Å². The Bertz CT molecular complexity index is 1130. The fourth-order valence-corrected chi connectivity index (χ4v) is 3.12. The maximum atomic E-state index is 12.7. The van der Waals surface area contributed by atoms with Crippen molar-refractivity contribution in [2.75, 3.05) is 5.73 Å². The second kappa shape index (κ2) is 6.72. The predicted octanol–water partition coefficient (Wildman–Crippen LogP) is 3.78. The quantitative estimate of drug-likeness (QED) is 0.560. The molecule has 27 heavy (non-hydrogen) atoms. The van der Waals surface area contributed by atoms with Gasteiger partial charge in [0.15, 0.2) is 5.65 Å². The van der Waals surface area contributed by atoms with Gasteiger partial charge in [-0.1, -0.05) is 42.5 Å². The molecule has 2 aromatic carbocycles. The fraction of sp³-hybridized carbons (Fsp3) is 0.190. The van der Waals surface area contributed by atoms with Crippen molar-refractivity contribution >= 4 is 34.0 Å². The Hall–Kier alpha value is -3.41. The number of hydrogen-bond donors (Lipinski definition) is 1. The Balaban J connectivity index is 1.96. The van der Waals surface area contributed by atoms with Crippen molar-refractivity contribution in [2.45, 2.75) is 26.5 Å². The van der Waals surface area contributed by atoms with Crippen LogP contribution in [-0.4, -0.2) is 26.6 Å². The van der Waals surface area contributed by atoms with Gasteiger partial charge in [0, 0.05) is 0 Å². The molecule has 0 aliphatic carbocycles. The third-order valence-corrected chi connectivity index (χ3v) is 4.32. The number of nitrogen functional groups attached to an aromatic ring is 1. The van der Waals surface area contributed by atoms with Crippen molar-refractivity contribution in [3.8, 4) is 0 Å². The van der Waals surface area contributed by atoms with Gasteiger partial charge in [0.05, 0.1) is 23.7 Å². The number of aromatic nitrogens is 3. The molecular weight excluding hydrogens is 340 g/mol. The molecule has 4 rings (SSSR count). The lowest BCUT2D eigenvalue weighted by molar-refractivity contribution is 0.0381. The average molecular weight is 360 g/mol. The van der Waals surface area contributed by atoms with Crippen LogP contribution in [0.25, 0.3) is 22.2 Å². The van der Waals surface area contributed by atoms with Crippen molar-refractivity contribution in [2.24, 2.45) is 0 Å². The summed E-state index contributed by atoms with van der Waals surface area (Å²) < 4.78 is 7.22. The molecule has 6 heteroatoms. The van der Waals surface area contributed by atoms with E-state index in [9.17, 15) is 4.79 Å². The highest BCUT2D eigenvalue weighted by atomic mass is 16.5. The molecule has 0 aliphatic rings.